The number of nitrogens with one attached hydrogen (secondary N) is 1. The predicted molar refractivity (Wildman–Crippen MR) is 96.1 cm³/mol. The molecule has 4 nitrogen and oxygen atoms in total. The first-order chi connectivity index (χ1) is 11.5. The molecule has 2 aromatic carbocycles. The van der Waals surface area contributed by atoms with Crippen molar-refractivity contribution in [2.75, 3.05) is 18.5 Å². The lowest BCUT2D eigenvalue weighted by Gasteiger charge is -2.33. The number of hydrogen-bond donors (Lipinski definition) is 2. The number of rotatable bonds is 5. The lowest BCUT2D eigenvalue weighted by molar-refractivity contribution is -0.123. The summed E-state index contributed by atoms with van der Waals surface area (Å²) in [5.41, 5.74) is 2.23. The minimum absolute atomic E-state index is 0.0210. The first kappa shape index (κ1) is 16.7. The molecule has 0 radical (unpaired) electrons. The van der Waals surface area contributed by atoms with Crippen LogP contribution >= 0.6 is 0 Å². The molecule has 2 N–H and O–H groups in total. The van der Waals surface area contributed by atoms with Gasteiger partial charge in [0.2, 0.25) is 5.91 Å². The molecule has 3 rings (SSSR count). The van der Waals surface area contributed by atoms with Crippen LogP contribution in [0, 0.1) is 0 Å². The van der Waals surface area contributed by atoms with Gasteiger partial charge in [0.1, 0.15) is 0 Å². The summed E-state index contributed by atoms with van der Waals surface area (Å²) in [6.07, 6.45) is -0.705. The lowest BCUT2D eigenvalue weighted by atomic mass is 9.86. The maximum Gasteiger partial charge on any atom is 0.237 e. The second-order valence-electron chi connectivity index (χ2n) is 6.80. The third-order valence-corrected chi connectivity index (χ3v) is 4.79. The van der Waals surface area contributed by atoms with Crippen molar-refractivity contribution in [3.63, 3.8) is 0 Å². The van der Waals surface area contributed by atoms with Gasteiger partial charge in [0.25, 0.3) is 0 Å². The molecular weight excluding hydrogens is 300 g/mol. The first-order valence-corrected chi connectivity index (χ1v) is 8.29. The molecule has 2 unspecified atom stereocenters. The summed E-state index contributed by atoms with van der Waals surface area (Å²) < 4.78 is 0. The van der Waals surface area contributed by atoms with E-state index in [1.807, 2.05) is 68.4 Å². The third kappa shape index (κ3) is 2.62. The van der Waals surface area contributed by atoms with Crippen LogP contribution in [0.25, 0.3) is 0 Å². The second kappa shape index (κ2) is 6.38. The summed E-state index contributed by atoms with van der Waals surface area (Å²) in [4.78, 5) is 15.0. The summed E-state index contributed by atoms with van der Waals surface area (Å²) in [5.74, 6) is 0.0210. The highest BCUT2D eigenvalue weighted by atomic mass is 16.3. The molecule has 0 bridgehead atoms. The highest BCUT2D eigenvalue weighted by molar-refractivity contribution is 6.08. The molecule has 2 aromatic rings. The smallest absolute Gasteiger partial charge is 0.237 e. The van der Waals surface area contributed by atoms with E-state index in [0.29, 0.717) is 6.54 Å². The Bertz CT molecular complexity index is 727. The minimum atomic E-state index is -0.705. The van der Waals surface area contributed by atoms with Crippen LogP contribution in [0.4, 0.5) is 5.69 Å². The van der Waals surface area contributed by atoms with Crippen molar-refractivity contribution in [1.82, 2.24) is 5.32 Å². The minimum Gasteiger partial charge on any atom is -0.389 e. The van der Waals surface area contributed by atoms with Crippen molar-refractivity contribution in [2.45, 2.75) is 31.4 Å². The maximum atomic E-state index is 13.2. The number of aliphatic hydroxyl groups is 1. The predicted octanol–water partition coefficient (Wildman–Crippen LogP) is 2.63. The van der Waals surface area contributed by atoms with Crippen molar-refractivity contribution < 1.29 is 9.90 Å². The van der Waals surface area contributed by atoms with Crippen LogP contribution in [-0.2, 0) is 10.2 Å². The number of likely N-dealkylation sites (N-methyl/N-ethyl adjacent to an activating group) is 1. The van der Waals surface area contributed by atoms with E-state index < -0.39 is 17.6 Å². The van der Waals surface area contributed by atoms with Crippen molar-refractivity contribution >= 4 is 11.6 Å². The molecule has 1 amide bonds. The van der Waals surface area contributed by atoms with E-state index in [4.69, 9.17) is 0 Å². The zero-order valence-corrected chi connectivity index (χ0v) is 14.4. The summed E-state index contributed by atoms with van der Waals surface area (Å²) in [6, 6.07) is 17.2. The summed E-state index contributed by atoms with van der Waals surface area (Å²) in [7, 11) is 1.80. The topological polar surface area (TPSA) is 52.6 Å². The van der Waals surface area contributed by atoms with Gasteiger partial charge < -0.3 is 15.3 Å². The van der Waals surface area contributed by atoms with Crippen LogP contribution in [0.15, 0.2) is 54.6 Å². The lowest BCUT2D eigenvalue weighted by Crippen LogP contribution is -2.45. The molecule has 24 heavy (non-hydrogen) atoms. The van der Waals surface area contributed by atoms with Crippen LogP contribution in [0.1, 0.15) is 31.0 Å². The van der Waals surface area contributed by atoms with Gasteiger partial charge in [-0.3, -0.25) is 4.79 Å². The molecule has 126 valence electrons. The van der Waals surface area contributed by atoms with Gasteiger partial charge in [0.15, 0.2) is 0 Å². The number of carbonyl (C=O) groups excluding carboxylic acids is 1. The number of carbonyl (C=O) groups is 1. The van der Waals surface area contributed by atoms with E-state index >= 15 is 0 Å². The molecule has 0 aliphatic carbocycles. The van der Waals surface area contributed by atoms with E-state index in [2.05, 4.69) is 5.32 Å². The highest BCUT2D eigenvalue weighted by Crippen LogP contribution is 2.45. The van der Waals surface area contributed by atoms with Crippen molar-refractivity contribution in [2.24, 2.45) is 0 Å². The quantitative estimate of drug-likeness (QED) is 0.889. The van der Waals surface area contributed by atoms with Crippen LogP contribution in [0.5, 0.6) is 0 Å². The van der Waals surface area contributed by atoms with E-state index in [0.717, 1.165) is 16.8 Å². The normalized spacial score (nSPS) is 18.3. The van der Waals surface area contributed by atoms with Crippen LogP contribution in [0.3, 0.4) is 0 Å². The Balaban J connectivity index is 2.13. The Hall–Kier alpha value is -2.17. The van der Waals surface area contributed by atoms with Gasteiger partial charge in [-0.15, -0.1) is 0 Å². The zero-order valence-electron chi connectivity index (χ0n) is 14.4. The molecule has 1 aliphatic rings. The Morgan fingerprint density at radius 3 is 2.38 bits per heavy atom. The molecule has 0 aromatic heterocycles. The second-order valence-corrected chi connectivity index (χ2v) is 6.80. The van der Waals surface area contributed by atoms with Gasteiger partial charge in [-0.2, -0.15) is 0 Å². The van der Waals surface area contributed by atoms with E-state index in [1.165, 1.54) is 0 Å². The first-order valence-electron chi connectivity index (χ1n) is 8.29. The standard InChI is InChI=1S/C20H24N2O2/c1-20(2)15-11-7-8-12-16(15)22(19(20)24)18(17(23)13-21-3)14-9-5-4-6-10-14/h4-12,17-18,21,23H,13H2,1-3H3. The molecule has 0 saturated heterocycles. The number of hydrogen-bond acceptors (Lipinski definition) is 3. The molecular formula is C20H24N2O2. The summed E-state index contributed by atoms with van der Waals surface area (Å²) in [5, 5.41) is 13.8. The number of fused-ring (bicyclic) bond motifs is 1. The number of anilines is 1. The largest absolute Gasteiger partial charge is 0.389 e. The van der Waals surface area contributed by atoms with Gasteiger partial charge in [-0.1, -0.05) is 48.5 Å². The van der Waals surface area contributed by atoms with Crippen LogP contribution in [-0.4, -0.2) is 30.7 Å². The Kier molecular flexibility index (Phi) is 4.43. The van der Waals surface area contributed by atoms with Crippen molar-refractivity contribution in [3.05, 3.63) is 65.7 Å². The number of benzene rings is 2. The SMILES string of the molecule is CNCC(O)C(c1ccccc1)N1C(=O)C(C)(C)c2ccccc21. The average Bonchev–Trinajstić information content (AvgIpc) is 2.78. The Labute approximate surface area is 143 Å². The van der Waals surface area contributed by atoms with Gasteiger partial charge in [0, 0.05) is 12.2 Å². The monoisotopic (exact) mass is 324 g/mol. The highest BCUT2D eigenvalue weighted by Gasteiger charge is 2.47. The average molecular weight is 324 g/mol. The third-order valence-electron chi connectivity index (χ3n) is 4.79. The molecule has 0 spiro atoms. The van der Waals surface area contributed by atoms with E-state index in [1.54, 1.807) is 11.9 Å². The number of aliphatic hydroxyl groups excluding tert-OH is 1. The fourth-order valence-corrected chi connectivity index (χ4v) is 3.53. The maximum absolute atomic E-state index is 13.2. The van der Waals surface area contributed by atoms with Crippen LogP contribution < -0.4 is 10.2 Å². The van der Waals surface area contributed by atoms with Crippen LogP contribution in [0.2, 0.25) is 0 Å². The molecule has 1 aliphatic heterocycles. The Morgan fingerprint density at radius 2 is 1.71 bits per heavy atom. The van der Waals surface area contributed by atoms with Gasteiger partial charge in [-0.05, 0) is 38.1 Å². The molecule has 0 fully saturated rings. The van der Waals surface area contributed by atoms with E-state index in [9.17, 15) is 9.90 Å². The fourth-order valence-electron chi connectivity index (χ4n) is 3.53. The molecule has 1 heterocycles. The molecule has 2 atom stereocenters. The van der Waals surface area contributed by atoms with Crippen molar-refractivity contribution in [3.8, 4) is 0 Å². The van der Waals surface area contributed by atoms with Crippen molar-refractivity contribution in [1.29, 1.82) is 0 Å². The molecule has 4 heteroatoms. The summed E-state index contributed by atoms with van der Waals surface area (Å²) >= 11 is 0. The van der Waals surface area contributed by atoms with Gasteiger partial charge >= 0.3 is 0 Å². The number of para-hydroxylation sites is 1. The Morgan fingerprint density at radius 1 is 1.08 bits per heavy atom. The summed E-state index contributed by atoms with van der Waals surface area (Å²) in [6.45, 7) is 4.30. The fraction of sp³-hybridized carbons (Fsp3) is 0.350. The van der Waals surface area contributed by atoms with Gasteiger partial charge in [0.05, 0.1) is 17.6 Å². The van der Waals surface area contributed by atoms with Gasteiger partial charge in [-0.25, -0.2) is 0 Å². The number of nitrogens with zero attached hydrogens (tertiary/aromatic N) is 1. The zero-order chi connectivity index (χ0) is 17.3. The number of amides is 1. The van der Waals surface area contributed by atoms with E-state index in [-0.39, 0.29) is 5.91 Å². The molecule has 0 saturated carbocycles.